The molecule has 1 unspecified atom stereocenters. The Morgan fingerprint density at radius 2 is 2.38 bits per heavy atom. The summed E-state index contributed by atoms with van der Waals surface area (Å²) in [5.41, 5.74) is 2.65. The van der Waals surface area contributed by atoms with E-state index in [4.69, 9.17) is 0 Å². The van der Waals surface area contributed by atoms with Crippen molar-refractivity contribution in [2.45, 2.75) is 19.4 Å². The van der Waals surface area contributed by atoms with E-state index < -0.39 is 0 Å². The second-order valence-corrected chi connectivity index (χ2v) is 4.78. The van der Waals surface area contributed by atoms with Crippen molar-refractivity contribution in [3.63, 3.8) is 0 Å². The lowest BCUT2D eigenvalue weighted by Crippen LogP contribution is -2.17. The van der Waals surface area contributed by atoms with Gasteiger partial charge in [0.2, 0.25) is 0 Å². The van der Waals surface area contributed by atoms with Crippen LogP contribution in [-0.4, -0.2) is 16.8 Å². The number of aromatic nitrogens is 2. The quantitative estimate of drug-likeness (QED) is 0.881. The summed E-state index contributed by atoms with van der Waals surface area (Å²) in [6.07, 6.45) is 5.08. The summed E-state index contributed by atoms with van der Waals surface area (Å²) >= 11 is 1.81. The molecule has 0 aliphatic rings. The second kappa shape index (κ2) is 4.80. The van der Waals surface area contributed by atoms with Gasteiger partial charge < -0.3 is 5.32 Å². The zero-order chi connectivity index (χ0) is 11.5. The van der Waals surface area contributed by atoms with Gasteiger partial charge in [-0.05, 0) is 30.5 Å². The molecule has 2 heterocycles. The maximum Gasteiger partial charge on any atom is 0.0702 e. The van der Waals surface area contributed by atoms with Gasteiger partial charge >= 0.3 is 0 Å². The van der Waals surface area contributed by atoms with E-state index in [1.807, 2.05) is 36.3 Å². The van der Waals surface area contributed by atoms with E-state index in [0.29, 0.717) is 0 Å². The van der Waals surface area contributed by atoms with E-state index in [1.54, 1.807) is 0 Å². The van der Waals surface area contributed by atoms with Crippen molar-refractivity contribution in [2.75, 3.05) is 7.05 Å². The Balaban J connectivity index is 2.36. The van der Waals surface area contributed by atoms with Crippen LogP contribution in [0.1, 0.15) is 29.0 Å². The highest BCUT2D eigenvalue weighted by molar-refractivity contribution is 7.10. The van der Waals surface area contributed by atoms with Gasteiger partial charge in [-0.2, -0.15) is 5.10 Å². The first-order chi connectivity index (χ1) is 7.76. The van der Waals surface area contributed by atoms with Crippen molar-refractivity contribution < 1.29 is 0 Å². The first-order valence-corrected chi connectivity index (χ1v) is 6.36. The first-order valence-electron chi connectivity index (χ1n) is 5.48. The highest BCUT2D eigenvalue weighted by Gasteiger charge is 2.17. The van der Waals surface area contributed by atoms with E-state index in [2.05, 4.69) is 35.0 Å². The molecule has 2 aromatic heterocycles. The predicted molar refractivity (Wildman–Crippen MR) is 67.8 cm³/mol. The average molecular weight is 235 g/mol. The molecule has 0 saturated carbocycles. The van der Waals surface area contributed by atoms with Crippen LogP contribution < -0.4 is 5.32 Å². The summed E-state index contributed by atoms with van der Waals surface area (Å²) in [7, 11) is 3.95. The highest BCUT2D eigenvalue weighted by atomic mass is 32.1. The Morgan fingerprint density at radius 1 is 1.56 bits per heavy atom. The van der Waals surface area contributed by atoms with Crippen LogP contribution in [-0.2, 0) is 13.5 Å². The summed E-state index contributed by atoms with van der Waals surface area (Å²) in [5, 5.41) is 9.76. The average Bonchev–Trinajstić information content (AvgIpc) is 2.89. The summed E-state index contributed by atoms with van der Waals surface area (Å²) in [4.78, 5) is 1.40. The smallest absolute Gasteiger partial charge is 0.0702 e. The number of hydrogen-bond acceptors (Lipinski definition) is 3. The Kier molecular flexibility index (Phi) is 3.41. The lowest BCUT2D eigenvalue weighted by atomic mass is 10.1. The lowest BCUT2D eigenvalue weighted by Gasteiger charge is -2.14. The summed E-state index contributed by atoms with van der Waals surface area (Å²) in [5.74, 6) is 0. The molecule has 1 atom stereocenters. The van der Waals surface area contributed by atoms with Gasteiger partial charge in [-0.25, -0.2) is 0 Å². The number of nitrogens with zero attached hydrogens (tertiary/aromatic N) is 2. The number of rotatable bonds is 4. The maximum absolute atomic E-state index is 4.23. The molecular weight excluding hydrogens is 218 g/mol. The van der Waals surface area contributed by atoms with Gasteiger partial charge in [0.05, 0.1) is 12.2 Å². The number of hydrogen-bond donors (Lipinski definition) is 1. The third kappa shape index (κ3) is 2.03. The van der Waals surface area contributed by atoms with Crippen molar-refractivity contribution in [3.05, 3.63) is 39.8 Å². The minimum absolute atomic E-state index is 0.267. The van der Waals surface area contributed by atoms with Crippen molar-refractivity contribution in [1.29, 1.82) is 0 Å². The van der Waals surface area contributed by atoms with Crippen LogP contribution in [0.4, 0.5) is 0 Å². The molecule has 1 N–H and O–H groups in total. The minimum atomic E-state index is 0.267. The number of nitrogens with one attached hydrogen (secondary N) is 1. The zero-order valence-corrected chi connectivity index (χ0v) is 10.7. The largest absolute Gasteiger partial charge is 0.309 e. The molecule has 86 valence electrons. The maximum atomic E-state index is 4.23. The standard InChI is InChI=1S/C12H17N3S/c1-4-9-5-6-16-12(9)11(13-2)10-7-14-15(3)8-10/h5-8,11,13H,4H2,1-3H3. The third-order valence-corrected chi connectivity index (χ3v) is 3.79. The van der Waals surface area contributed by atoms with Gasteiger partial charge in [-0.1, -0.05) is 6.92 Å². The number of thiophene rings is 1. The first kappa shape index (κ1) is 11.4. The topological polar surface area (TPSA) is 29.9 Å². The molecule has 0 aliphatic heterocycles. The molecule has 2 rings (SSSR count). The van der Waals surface area contributed by atoms with Crippen molar-refractivity contribution in [1.82, 2.24) is 15.1 Å². The van der Waals surface area contributed by atoms with Crippen molar-refractivity contribution >= 4 is 11.3 Å². The van der Waals surface area contributed by atoms with E-state index >= 15 is 0 Å². The van der Waals surface area contributed by atoms with Crippen LogP contribution in [0, 0.1) is 0 Å². The van der Waals surface area contributed by atoms with E-state index in [1.165, 1.54) is 16.0 Å². The monoisotopic (exact) mass is 235 g/mol. The molecule has 0 bridgehead atoms. The summed E-state index contributed by atoms with van der Waals surface area (Å²) in [6, 6.07) is 2.48. The molecule has 0 aliphatic carbocycles. The molecule has 0 aromatic carbocycles. The molecular formula is C12H17N3S. The predicted octanol–water partition coefficient (Wildman–Crippen LogP) is 2.35. The van der Waals surface area contributed by atoms with Crippen LogP contribution in [0.15, 0.2) is 23.8 Å². The van der Waals surface area contributed by atoms with Gasteiger partial charge in [0, 0.05) is 23.7 Å². The molecule has 3 nitrogen and oxygen atoms in total. The SMILES string of the molecule is CCc1ccsc1C(NC)c1cnn(C)c1. The number of aryl methyl sites for hydroxylation is 2. The molecule has 0 spiro atoms. The van der Waals surface area contributed by atoms with Crippen LogP contribution in [0.3, 0.4) is 0 Å². The highest BCUT2D eigenvalue weighted by Crippen LogP contribution is 2.29. The Hall–Kier alpha value is -1.13. The van der Waals surface area contributed by atoms with E-state index in [0.717, 1.165) is 6.42 Å². The van der Waals surface area contributed by atoms with Crippen LogP contribution in [0.5, 0.6) is 0 Å². The molecule has 0 radical (unpaired) electrons. The molecule has 0 saturated heterocycles. The molecule has 0 fully saturated rings. The minimum Gasteiger partial charge on any atom is -0.309 e. The summed E-state index contributed by atoms with van der Waals surface area (Å²) < 4.78 is 1.85. The Bertz CT molecular complexity index is 458. The van der Waals surface area contributed by atoms with Crippen LogP contribution >= 0.6 is 11.3 Å². The Labute approximate surface area is 100 Å². The third-order valence-electron chi connectivity index (χ3n) is 2.77. The van der Waals surface area contributed by atoms with Crippen LogP contribution in [0.25, 0.3) is 0 Å². The fourth-order valence-electron chi connectivity index (χ4n) is 1.93. The molecule has 0 amide bonds. The van der Waals surface area contributed by atoms with Gasteiger partial charge in [-0.15, -0.1) is 11.3 Å². The molecule has 16 heavy (non-hydrogen) atoms. The van der Waals surface area contributed by atoms with E-state index in [-0.39, 0.29) is 6.04 Å². The zero-order valence-electron chi connectivity index (χ0n) is 9.90. The molecule has 2 aromatic rings. The molecule has 4 heteroatoms. The second-order valence-electron chi connectivity index (χ2n) is 3.83. The van der Waals surface area contributed by atoms with Gasteiger partial charge in [0.25, 0.3) is 0 Å². The van der Waals surface area contributed by atoms with Gasteiger partial charge in [-0.3, -0.25) is 4.68 Å². The Morgan fingerprint density at radius 3 is 2.94 bits per heavy atom. The van der Waals surface area contributed by atoms with Gasteiger partial charge in [0.1, 0.15) is 0 Å². The van der Waals surface area contributed by atoms with Crippen LogP contribution in [0.2, 0.25) is 0 Å². The lowest BCUT2D eigenvalue weighted by molar-refractivity contribution is 0.694. The van der Waals surface area contributed by atoms with Crippen molar-refractivity contribution in [3.8, 4) is 0 Å². The fourth-order valence-corrected chi connectivity index (χ4v) is 3.06. The van der Waals surface area contributed by atoms with Crippen molar-refractivity contribution in [2.24, 2.45) is 7.05 Å². The fraction of sp³-hybridized carbons (Fsp3) is 0.417. The normalized spacial score (nSPS) is 12.9. The van der Waals surface area contributed by atoms with Gasteiger partial charge in [0.15, 0.2) is 0 Å². The van der Waals surface area contributed by atoms with E-state index in [9.17, 15) is 0 Å². The summed E-state index contributed by atoms with van der Waals surface area (Å²) in [6.45, 7) is 2.20.